The molecule has 0 spiro atoms. The summed E-state index contributed by atoms with van der Waals surface area (Å²) in [5, 5.41) is 9.43. The lowest BCUT2D eigenvalue weighted by Gasteiger charge is -2.30. The maximum Gasteiger partial charge on any atom is 0.408 e. The Morgan fingerprint density at radius 1 is 1.00 bits per heavy atom. The van der Waals surface area contributed by atoms with Crippen LogP contribution in [0.15, 0.2) is 48.7 Å². The summed E-state index contributed by atoms with van der Waals surface area (Å²) < 4.78 is 43.8. The van der Waals surface area contributed by atoms with Crippen LogP contribution in [0.3, 0.4) is 0 Å². The van der Waals surface area contributed by atoms with Crippen molar-refractivity contribution in [3.8, 4) is 11.5 Å². The molecule has 2 aliphatic rings. The molecule has 1 aromatic carbocycles. The zero-order valence-corrected chi connectivity index (χ0v) is 17.8. The zero-order valence-electron chi connectivity index (χ0n) is 17.8. The quantitative estimate of drug-likeness (QED) is 0.495. The minimum atomic E-state index is -4.42. The number of hydrogen-bond acceptors (Lipinski definition) is 5. The molecular formula is C24H23F3N6. The second-order valence-corrected chi connectivity index (χ2v) is 9.12. The molecule has 1 saturated heterocycles. The predicted octanol–water partition coefficient (Wildman–Crippen LogP) is 4.46. The number of rotatable bonds is 4. The molecule has 2 atom stereocenters. The lowest BCUT2D eigenvalue weighted by Crippen LogP contribution is -2.38. The molecule has 3 aromatic heterocycles. The highest BCUT2D eigenvalue weighted by molar-refractivity contribution is 5.82. The minimum Gasteiger partial charge on any atom is -0.326 e. The fourth-order valence-corrected chi connectivity index (χ4v) is 4.83. The van der Waals surface area contributed by atoms with Gasteiger partial charge in [-0.25, -0.2) is 4.98 Å². The Bertz CT molecular complexity index is 1340. The monoisotopic (exact) mass is 452 g/mol. The van der Waals surface area contributed by atoms with E-state index in [1.807, 2.05) is 12.1 Å². The first-order chi connectivity index (χ1) is 15.9. The minimum absolute atomic E-state index is 0.141. The van der Waals surface area contributed by atoms with Gasteiger partial charge < -0.3 is 5.73 Å². The van der Waals surface area contributed by atoms with Crippen LogP contribution >= 0.6 is 0 Å². The Morgan fingerprint density at radius 2 is 1.82 bits per heavy atom. The first-order valence-corrected chi connectivity index (χ1v) is 11.2. The van der Waals surface area contributed by atoms with Gasteiger partial charge in [-0.1, -0.05) is 24.3 Å². The number of nitrogens with two attached hydrogens (primary N) is 1. The molecule has 1 aliphatic heterocycles. The third-order valence-electron chi connectivity index (χ3n) is 6.67. The van der Waals surface area contributed by atoms with Crippen LogP contribution in [0.2, 0.25) is 0 Å². The van der Waals surface area contributed by atoms with Crippen molar-refractivity contribution in [1.29, 1.82) is 0 Å². The molecule has 33 heavy (non-hydrogen) atoms. The molecular weight excluding hydrogens is 429 g/mol. The Balaban J connectivity index is 1.43. The summed E-state index contributed by atoms with van der Waals surface area (Å²) in [5.41, 5.74) is 9.21. The van der Waals surface area contributed by atoms with Gasteiger partial charge in [0.25, 0.3) is 0 Å². The van der Waals surface area contributed by atoms with Gasteiger partial charge in [0.2, 0.25) is 0 Å². The van der Waals surface area contributed by atoms with Crippen molar-refractivity contribution in [2.24, 2.45) is 5.73 Å². The Hall–Kier alpha value is -3.04. The van der Waals surface area contributed by atoms with Gasteiger partial charge in [0.15, 0.2) is 11.5 Å². The topological polar surface area (TPSA) is 72.3 Å². The first kappa shape index (κ1) is 20.6. The van der Waals surface area contributed by atoms with E-state index in [1.54, 1.807) is 10.5 Å². The van der Waals surface area contributed by atoms with Crippen molar-refractivity contribution >= 4 is 16.6 Å². The number of nitrogens with zero attached hydrogens (tertiary/aromatic N) is 5. The fraction of sp³-hybridized carbons (Fsp3) is 0.375. The van der Waals surface area contributed by atoms with E-state index in [1.165, 1.54) is 35.6 Å². The van der Waals surface area contributed by atoms with E-state index in [9.17, 15) is 13.2 Å². The van der Waals surface area contributed by atoms with Crippen LogP contribution in [0.5, 0.6) is 0 Å². The lowest BCUT2D eigenvalue weighted by atomic mass is 10.1. The number of pyridine rings is 2. The zero-order chi connectivity index (χ0) is 22.7. The van der Waals surface area contributed by atoms with Gasteiger partial charge in [0.1, 0.15) is 11.7 Å². The van der Waals surface area contributed by atoms with Gasteiger partial charge in [-0.05, 0) is 54.5 Å². The normalized spacial score (nSPS) is 20.7. The fourth-order valence-electron chi connectivity index (χ4n) is 4.83. The van der Waals surface area contributed by atoms with E-state index in [0.29, 0.717) is 36.0 Å². The van der Waals surface area contributed by atoms with Gasteiger partial charge >= 0.3 is 6.18 Å². The summed E-state index contributed by atoms with van der Waals surface area (Å²) >= 11 is 0. The third-order valence-corrected chi connectivity index (χ3v) is 6.67. The van der Waals surface area contributed by atoms with Gasteiger partial charge in [0.05, 0.1) is 5.52 Å². The van der Waals surface area contributed by atoms with E-state index in [0.717, 1.165) is 10.9 Å². The number of likely N-dealkylation sites (tertiary alicyclic amines) is 1. The van der Waals surface area contributed by atoms with Crippen molar-refractivity contribution in [2.75, 3.05) is 13.1 Å². The Labute approximate surface area is 188 Å². The van der Waals surface area contributed by atoms with Crippen molar-refractivity contribution < 1.29 is 13.2 Å². The molecule has 0 amide bonds. The first-order valence-electron chi connectivity index (χ1n) is 11.2. The number of halogens is 3. The molecule has 6 rings (SSSR count). The predicted molar refractivity (Wildman–Crippen MR) is 119 cm³/mol. The average Bonchev–Trinajstić information content (AvgIpc) is 3.42. The molecule has 170 valence electrons. The summed E-state index contributed by atoms with van der Waals surface area (Å²) in [4.78, 5) is 6.18. The molecule has 2 fully saturated rings. The summed E-state index contributed by atoms with van der Waals surface area (Å²) in [5.74, 6) is 1.03. The van der Waals surface area contributed by atoms with Crippen LogP contribution < -0.4 is 5.73 Å². The number of aromatic nitrogens is 4. The van der Waals surface area contributed by atoms with Crippen LogP contribution in [0.25, 0.3) is 28.1 Å². The number of alkyl halides is 3. The number of fused-ring (bicyclic) bond motifs is 2. The summed E-state index contributed by atoms with van der Waals surface area (Å²) in [6.07, 6.45) is 0.0121. The van der Waals surface area contributed by atoms with E-state index < -0.39 is 12.2 Å². The molecule has 1 saturated carbocycles. The SMILES string of the molecule is N[C@@H]1CCN([C@H](c2ccc3nnc(-c4ccc5ccc(C6CC6)cc5n4)n3c2)C(F)(F)F)C1. The van der Waals surface area contributed by atoms with Gasteiger partial charge in [0, 0.05) is 30.7 Å². The van der Waals surface area contributed by atoms with Gasteiger partial charge in [-0.3, -0.25) is 9.30 Å². The summed E-state index contributed by atoms with van der Waals surface area (Å²) in [6.45, 7) is 0.529. The van der Waals surface area contributed by atoms with Gasteiger partial charge in [-0.15, -0.1) is 10.2 Å². The van der Waals surface area contributed by atoms with E-state index in [4.69, 9.17) is 10.7 Å². The van der Waals surface area contributed by atoms with E-state index in [2.05, 4.69) is 28.4 Å². The average molecular weight is 452 g/mol. The smallest absolute Gasteiger partial charge is 0.326 e. The van der Waals surface area contributed by atoms with Crippen molar-refractivity contribution in [1.82, 2.24) is 24.5 Å². The molecule has 2 N–H and O–H groups in total. The largest absolute Gasteiger partial charge is 0.408 e. The van der Waals surface area contributed by atoms with Crippen LogP contribution in [0.1, 0.15) is 42.3 Å². The maximum absolute atomic E-state index is 14.1. The van der Waals surface area contributed by atoms with Crippen LogP contribution in [-0.2, 0) is 0 Å². The van der Waals surface area contributed by atoms with E-state index in [-0.39, 0.29) is 18.2 Å². The second kappa shape index (κ2) is 7.50. The van der Waals surface area contributed by atoms with Crippen molar-refractivity contribution in [3.05, 3.63) is 59.8 Å². The number of benzene rings is 1. The Kier molecular flexibility index (Phi) is 4.67. The Morgan fingerprint density at radius 3 is 2.55 bits per heavy atom. The molecule has 6 nitrogen and oxygen atoms in total. The molecule has 0 unspecified atom stereocenters. The van der Waals surface area contributed by atoms with Gasteiger partial charge in [-0.2, -0.15) is 13.2 Å². The molecule has 4 aromatic rings. The molecule has 0 bridgehead atoms. The van der Waals surface area contributed by atoms with Crippen LogP contribution in [0.4, 0.5) is 13.2 Å². The lowest BCUT2D eigenvalue weighted by molar-refractivity contribution is -0.183. The maximum atomic E-state index is 14.1. The van der Waals surface area contributed by atoms with Crippen LogP contribution in [-0.4, -0.2) is 49.8 Å². The van der Waals surface area contributed by atoms with E-state index >= 15 is 0 Å². The second-order valence-electron chi connectivity index (χ2n) is 9.12. The summed E-state index contributed by atoms with van der Waals surface area (Å²) in [7, 11) is 0. The van der Waals surface area contributed by atoms with Crippen molar-refractivity contribution in [3.63, 3.8) is 0 Å². The molecule has 1 aliphatic carbocycles. The highest BCUT2D eigenvalue weighted by atomic mass is 19.4. The number of hydrogen-bond donors (Lipinski definition) is 1. The summed E-state index contributed by atoms with van der Waals surface area (Å²) in [6, 6.07) is 11.2. The third kappa shape index (κ3) is 3.75. The molecule has 9 heteroatoms. The van der Waals surface area contributed by atoms with Crippen LogP contribution in [0, 0.1) is 0 Å². The molecule has 0 radical (unpaired) electrons. The highest BCUT2D eigenvalue weighted by Crippen LogP contribution is 2.41. The molecule has 4 heterocycles. The van der Waals surface area contributed by atoms with Crippen molar-refractivity contribution in [2.45, 2.75) is 43.4 Å². The highest BCUT2D eigenvalue weighted by Gasteiger charge is 2.46. The standard InChI is InChI=1S/C24H23F3N6/c25-24(26,27)22(32-10-9-18(28)13-32)17-6-8-21-30-31-23(33(21)12-17)19-7-5-15-3-4-16(14-1-2-14)11-20(15)29-19/h3-8,11-12,14,18,22H,1-2,9-10,13,28H2/t18-,22-/m1/s1.